The number of rotatable bonds is 6. The SMILES string of the molecule is COc1ccc(C[C@](C)(O)CNC(=O)C(=O)Nc2ccc(C(F)(F)F)cc2)cc1. The van der Waals surface area contributed by atoms with Crippen LogP contribution in [0.15, 0.2) is 48.5 Å². The van der Waals surface area contributed by atoms with E-state index in [2.05, 4.69) is 10.6 Å². The first-order valence-corrected chi connectivity index (χ1v) is 8.62. The highest BCUT2D eigenvalue weighted by Crippen LogP contribution is 2.29. The first kappa shape index (κ1) is 22.2. The summed E-state index contributed by atoms with van der Waals surface area (Å²) >= 11 is 0. The Labute approximate surface area is 165 Å². The number of halogens is 3. The van der Waals surface area contributed by atoms with Gasteiger partial charge in [-0.2, -0.15) is 13.2 Å². The van der Waals surface area contributed by atoms with Crippen LogP contribution in [0.5, 0.6) is 5.75 Å². The van der Waals surface area contributed by atoms with Gasteiger partial charge in [0.1, 0.15) is 5.75 Å². The van der Waals surface area contributed by atoms with Crippen LogP contribution in [0.25, 0.3) is 0 Å². The van der Waals surface area contributed by atoms with Gasteiger partial charge in [-0.05, 0) is 48.9 Å². The van der Waals surface area contributed by atoms with Gasteiger partial charge in [-0.3, -0.25) is 9.59 Å². The fraction of sp³-hybridized carbons (Fsp3) is 0.300. The number of nitrogens with one attached hydrogen (secondary N) is 2. The summed E-state index contributed by atoms with van der Waals surface area (Å²) in [4.78, 5) is 23.8. The first-order chi connectivity index (χ1) is 13.5. The second-order valence-electron chi connectivity index (χ2n) is 6.73. The Morgan fingerprint density at radius 3 is 2.10 bits per heavy atom. The minimum Gasteiger partial charge on any atom is -0.497 e. The number of hydrogen-bond donors (Lipinski definition) is 3. The zero-order valence-corrected chi connectivity index (χ0v) is 15.8. The van der Waals surface area contributed by atoms with Gasteiger partial charge in [0.25, 0.3) is 0 Å². The number of carbonyl (C=O) groups is 2. The molecule has 29 heavy (non-hydrogen) atoms. The molecule has 0 unspecified atom stereocenters. The summed E-state index contributed by atoms with van der Waals surface area (Å²) in [6, 6.07) is 10.7. The smallest absolute Gasteiger partial charge is 0.416 e. The van der Waals surface area contributed by atoms with E-state index in [-0.39, 0.29) is 18.7 Å². The van der Waals surface area contributed by atoms with Crippen LogP contribution in [0.4, 0.5) is 18.9 Å². The second kappa shape index (κ2) is 8.95. The van der Waals surface area contributed by atoms with Gasteiger partial charge in [-0.25, -0.2) is 0 Å². The zero-order chi connectivity index (χ0) is 21.7. The molecule has 0 aromatic heterocycles. The number of methoxy groups -OCH3 is 1. The number of benzene rings is 2. The van der Waals surface area contributed by atoms with Gasteiger partial charge in [-0.1, -0.05) is 12.1 Å². The van der Waals surface area contributed by atoms with Crippen molar-refractivity contribution in [3.63, 3.8) is 0 Å². The Kier molecular flexibility index (Phi) is 6.86. The summed E-state index contributed by atoms with van der Waals surface area (Å²) in [6.07, 6.45) is -4.27. The average Bonchev–Trinajstić information content (AvgIpc) is 2.66. The molecule has 0 aliphatic carbocycles. The van der Waals surface area contributed by atoms with Crippen LogP contribution >= 0.6 is 0 Å². The highest BCUT2D eigenvalue weighted by atomic mass is 19.4. The van der Waals surface area contributed by atoms with E-state index in [9.17, 15) is 27.9 Å². The third kappa shape index (κ3) is 6.79. The van der Waals surface area contributed by atoms with Crippen molar-refractivity contribution in [3.05, 3.63) is 59.7 Å². The standard InChI is InChI=1S/C20H21F3N2O4/c1-19(28,11-13-3-9-16(29-2)10-4-13)12-24-17(26)18(27)25-15-7-5-14(6-8-15)20(21,22)23/h3-10,28H,11-12H2,1-2H3,(H,24,26)(H,25,27)/t19-/m0/s1. The van der Waals surface area contributed by atoms with Gasteiger partial charge >= 0.3 is 18.0 Å². The number of amides is 2. The zero-order valence-electron chi connectivity index (χ0n) is 15.8. The molecule has 2 aromatic rings. The van der Waals surface area contributed by atoms with E-state index in [1.54, 1.807) is 24.3 Å². The molecule has 2 rings (SSSR count). The van der Waals surface area contributed by atoms with Crippen LogP contribution in [-0.4, -0.2) is 36.2 Å². The van der Waals surface area contributed by atoms with E-state index in [1.165, 1.54) is 14.0 Å². The lowest BCUT2D eigenvalue weighted by Gasteiger charge is -2.23. The molecule has 0 aliphatic rings. The Morgan fingerprint density at radius 2 is 1.59 bits per heavy atom. The number of hydrogen-bond acceptors (Lipinski definition) is 4. The minimum absolute atomic E-state index is 0.0446. The van der Waals surface area contributed by atoms with Gasteiger partial charge < -0.3 is 20.5 Å². The first-order valence-electron chi connectivity index (χ1n) is 8.62. The lowest BCUT2D eigenvalue weighted by molar-refractivity contribution is -0.137. The van der Waals surface area contributed by atoms with E-state index in [4.69, 9.17) is 4.74 Å². The van der Waals surface area contributed by atoms with Crippen molar-refractivity contribution in [2.45, 2.75) is 25.1 Å². The number of aliphatic hydroxyl groups is 1. The van der Waals surface area contributed by atoms with Gasteiger partial charge in [0, 0.05) is 18.7 Å². The molecule has 0 heterocycles. The lowest BCUT2D eigenvalue weighted by Crippen LogP contribution is -2.45. The van der Waals surface area contributed by atoms with Gasteiger partial charge in [0.2, 0.25) is 0 Å². The lowest BCUT2D eigenvalue weighted by atomic mass is 9.96. The van der Waals surface area contributed by atoms with E-state index in [1.807, 2.05) is 0 Å². The average molecular weight is 410 g/mol. The fourth-order valence-electron chi connectivity index (χ4n) is 2.53. The molecule has 0 radical (unpaired) electrons. The summed E-state index contributed by atoms with van der Waals surface area (Å²) < 4.78 is 42.7. The molecule has 0 spiro atoms. The largest absolute Gasteiger partial charge is 0.497 e. The van der Waals surface area contributed by atoms with E-state index >= 15 is 0 Å². The molecule has 0 fully saturated rings. The quantitative estimate of drug-likeness (QED) is 0.639. The van der Waals surface area contributed by atoms with Crippen molar-refractivity contribution < 1.29 is 32.6 Å². The number of carbonyl (C=O) groups excluding carboxylic acids is 2. The summed E-state index contributed by atoms with van der Waals surface area (Å²) in [7, 11) is 1.54. The maximum Gasteiger partial charge on any atom is 0.416 e. The predicted octanol–water partition coefficient (Wildman–Crippen LogP) is 2.76. The predicted molar refractivity (Wildman–Crippen MR) is 100 cm³/mol. The van der Waals surface area contributed by atoms with Crippen LogP contribution in [0.2, 0.25) is 0 Å². The van der Waals surface area contributed by atoms with Gasteiger partial charge in [-0.15, -0.1) is 0 Å². The van der Waals surface area contributed by atoms with Crippen molar-refractivity contribution >= 4 is 17.5 Å². The molecule has 6 nitrogen and oxygen atoms in total. The highest BCUT2D eigenvalue weighted by Gasteiger charge is 2.30. The van der Waals surface area contributed by atoms with Crippen molar-refractivity contribution in [1.29, 1.82) is 0 Å². The van der Waals surface area contributed by atoms with Crippen molar-refractivity contribution in [2.24, 2.45) is 0 Å². The van der Waals surface area contributed by atoms with E-state index in [0.717, 1.165) is 29.8 Å². The monoisotopic (exact) mass is 410 g/mol. The molecule has 2 amide bonds. The second-order valence-corrected chi connectivity index (χ2v) is 6.73. The van der Waals surface area contributed by atoms with E-state index in [0.29, 0.717) is 5.75 Å². The Morgan fingerprint density at radius 1 is 1.00 bits per heavy atom. The number of alkyl halides is 3. The Bertz CT molecular complexity index is 848. The van der Waals surface area contributed by atoms with Crippen molar-refractivity contribution in [2.75, 3.05) is 19.0 Å². The van der Waals surface area contributed by atoms with E-state index < -0.39 is 29.2 Å². The molecule has 9 heteroatoms. The molecule has 0 bridgehead atoms. The summed E-state index contributed by atoms with van der Waals surface area (Å²) in [6.45, 7) is 1.31. The molecular formula is C20H21F3N2O4. The molecule has 0 saturated heterocycles. The molecule has 0 saturated carbocycles. The Hall–Kier alpha value is -3.07. The third-order valence-electron chi connectivity index (χ3n) is 4.05. The molecule has 1 atom stereocenters. The van der Waals surface area contributed by atoms with Gasteiger partial charge in [0.15, 0.2) is 0 Å². The van der Waals surface area contributed by atoms with Crippen LogP contribution < -0.4 is 15.4 Å². The minimum atomic E-state index is -4.49. The summed E-state index contributed by atoms with van der Waals surface area (Å²) in [5.74, 6) is -1.40. The maximum absolute atomic E-state index is 12.5. The third-order valence-corrected chi connectivity index (χ3v) is 4.05. The maximum atomic E-state index is 12.5. The highest BCUT2D eigenvalue weighted by molar-refractivity contribution is 6.39. The molecule has 156 valence electrons. The topological polar surface area (TPSA) is 87.7 Å². The van der Waals surface area contributed by atoms with Crippen LogP contribution in [0.3, 0.4) is 0 Å². The normalized spacial score (nSPS) is 13.3. The Balaban J connectivity index is 1.87. The summed E-state index contributed by atoms with van der Waals surface area (Å²) in [5, 5.41) is 15.0. The fourth-order valence-corrected chi connectivity index (χ4v) is 2.53. The molecule has 2 aromatic carbocycles. The van der Waals surface area contributed by atoms with Gasteiger partial charge in [0.05, 0.1) is 18.3 Å². The van der Waals surface area contributed by atoms with Crippen molar-refractivity contribution in [3.8, 4) is 5.75 Å². The number of anilines is 1. The number of ether oxygens (including phenoxy) is 1. The molecular weight excluding hydrogens is 389 g/mol. The summed E-state index contributed by atoms with van der Waals surface area (Å²) in [5.41, 5.74) is -1.34. The molecule has 0 aliphatic heterocycles. The molecule has 3 N–H and O–H groups in total. The van der Waals surface area contributed by atoms with Crippen LogP contribution in [0, 0.1) is 0 Å². The van der Waals surface area contributed by atoms with Crippen molar-refractivity contribution in [1.82, 2.24) is 5.32 Å². The van der Waals surface area contributed by atoms with Crippen LogP contribution in [0.1, 0.15) is 18.1 Å². The van der Waals surface area contributed by atoms with Crippen LogP contribution in [-0.2, 0) is 22.2 Å².